The second-order valence-corrected chi connectivity index (χ2v) is 7.20. The highest BCUT2D eigenvalue weighted by Gasteiger charge is 2.42. The first-order valence-corrected chi connectivity index (χ1v) is 8.24. The van der Waals surface area contributed by atoms with Gasteiger partial charge in [0.05, 0.1) is 12.2 Å². The molecule has 1 aliphatic heterocycles. The summed E-state index contributed by atoms with van der Waals surface area (Å²) in [7, 11) is 0. The summed E-state index contributed by atoms with van der Waals surface area (Å²) in [6, 6.07) is 0.343. The molecule has 0 aromatic carbocycles. The van der Waals surface area contributed by atoms with E-state index in [2.05, 4.69) is 13.8 Å². The predicted octanol–water partition coefficient (Wildman–Crippen LogP) is 1.78. The molecule has 2 unspecified atom stereocenters. The van der Waals surface area contributed by atoms with Crippen LogP contribution < -0.4 is 5.73 Å². The van der Waals surface area contributed by atoms with Crippen LogP contribution in [0.1, 0.15) is 46.0 Å². The van der Waals surface area contributed by atoms with Crippen molar-refractivity contribution in [1.29, 1.82) is 0 Å². The molecule has 4 heteroatoms. The molecule has 114 valence electrons. The van der Waals surface area contributed by atoms with Crippen molar-refractivity contribution in [2.24, 2.45) is 23.5 Å². The Kier molecular flexibility index (Phi) is 4.04. The van der Waals surface area contributed by atoms with Crippen molar-refractivity contribution >= 4 is 5.91 Å². The Morgan fingerprint density at radius 2 is 1.65 bits per heavy atom. The van der Waals surface area contributed by atoms with Crippen LogP contribution in [-0.4, -0.2) is 42.1 Å². The molecule has 2 saturated carbocycles. The largest absolute Gasteiger partial charge is 0.372 e. The van der Waals surface area contributed by atoms with E-state index in [1.807, 2.05) is 4.90 Å². The standard InChI is InChI=1S/C16H28N2O2/c1-10-8-18(9-11(2)20-10)16(19)14-6-12-4-3-5-13(7-14)15(12)17/h10-15H,3-9,17H2,1-2H3/t10-,11+,12?,13?,14?,15?. The maximum atomic E-state index is 12.8. The van der Waals surface area contributed by atoms with E-state index in [1.165, 1.54) is 19.3 Å². The predicted molar refractivity (Wildman–Crippen MR) is 78.1 cm³/mol. The summed E-state index contributed by atoms with van der Waals surface area (Å²) in [5, 5.41) is 0. The molecule has 0 radical (unpaired) electrons. The van der Waals surface area contributed by atoms with Gasteiger partial charge in [0.15, 0.2) is 0 Å². The molecular formula is C16H28N2O2. The van der Waals surface area contributed by atoms with Gasteiger partial charge in [0.25, 0.3) is 0 Å². The fourth-order valence-electron chi connectivity index (χ4n) is 4.61. The van der Waals surface area contributed by atoms with Gasteiger partial charge >= 0.3 is 0 Å². The van der Waals surface area contributed by atoms with Gasteiger partial charge in [0.2, 0.25) is 5.91 Å². The smallest absolute Gasteiger partial charge is 0.225 e. The highest BCUT2D eigenvalue weighted by molar-refractivity contribution is 5.79. The maximum absolute atomic E-state index is 12.8. The van der Waals surface area contributed by atoms with Gasteiger partial charge in [-0.15, -0.1) is 0 Å². The number of carbonyl (C=O) groups excluding carboxylic acids is 1. The lowest BCUT2D eigenvalue weighted by molar-refractivity contribution is -0.150. The second-order valence-electron chi connectivity index (χ2n) is 7.20. The number of fused-ring (bicyclic) bond motifs is 2. The normalized spacial score (nSPS) is 45.2. The van der Waals surface area contributed by atoms with Gasteiger partial charge < -0.3 is 15.4 Å². The van der Waals surface area contributed by atoms with E-state index in [4.69, 9.17) is 10.5 Å². The van der Waals surface area contributed by atoms with Crippen molar-refractivity contribution in [3.05, 3.63) is 0 Å². The van der Waals surface area contributed by atoms with Crippen LogP contribution in [0.25, 0.3) is 0 Å². The van der Waals surface area contributed by atoms with Gasteiger partial charge in [0.1, 0.15) is 0 Å². The zero-order valence-corrected chi connectivity index (χ0v) is 12.8. The molecule has 20 heavy (non-hydrogen) atoms. The topological polar surface area (TPSA) is 55.6 Å². The van der Waals surface area contributed by atoms with Crippen molar-refractivity contribution in [3.8, 4) is 0 Å². The van der Waals surface area contributed by atoms with Gasteiger partial charge in [-0.2, -0.15) is 0 Å². The molecule has 0 aromatic heterocycles. The second kappa shape index (κ2) is 5.64. The molecular weight excluding hydrogens is 252 g/mol. The molecule has 4 atom stereocenters. The maximum Gasteiger partial charge on any atom is 0.225 e. The van der Waals surface area contributed by atoms with E-state index in [0.717, 1.165) is 25.9 Å². The van der Waals surface area contributed by atoms with E-state index in [1.54, 1.807) is 0 Å². The number of carbonyl (C=O) groups is 1. The third-order valence-electron chi connectivity index (χ3n) is 5.49. The van der Waals surface area contributed by atoms with Crippen molar-refractivity contribution in [1.82, 2.24) is 4.90 Å². The van der Waals surface area contributed by atoms with Crippen LogP contribution in [0, 0.1) is 17.8 Å². The average Bonchev–Trinajstić information content (AvgIpc) is 2.36. The number of hydrogen-bond acceptors (Lipinski definition) is 3. The molecule has 2 N–H and O–H groups in total. The number of ether oxygens (including phenoxy) is 1. The van der Waals surface area contributed by atoms with Crippen LogP contribution in [0.15, 0.2) is 0 Å². The monoisotopic (exact) mass is 280 g/mol. The van der Waals surface area contributed by atoms with Gasteiger partial charge in [0, 0.05) is 25.0 Å². The Hall–Kier alpha value is -0.610. The van der Waals surface area contributed by atoms with Crippen molar-refractivity contribution in [2.45, 2.75) is 64.2 Å². The van der Waals surface area contributed by atoms with E-state index in [0.29, 0.717) is 23.8 Å². The first kappa shape index (κ1) is 14.3. The summed E-state index contributed by atoms with van der Waals surface area (Å²) in [6.45, 7) is 5.62. The fourth-order valence-corrected chi connectivity index (χ4v) is 4.61. The Morgan fingerprint density at radius 3 is 2.20 bits per heavy atom. The number of morpholine rings is 1. The molecule has 3 fully saturated rings. The van der Waals surface area contributed by atoms with Crippen LogP contribution in [0.2, 0.25) is 0 Å². The van der Waals surface area contributed by atoms with E-state index in [9.17, 15) is 4.79 Å². The van der Waals surface area contributed by atoms with Crippen molar-refractivity contribution in [2.75, 3.05) is 13.1 Å². The van der Waals surface area contributed by atoms with Crippen LogP contribution >= 0.6 is 0 Å². The minimum absolute atomic E-state index is 0.160. The molecule has 1 heterocycles. The minimum Gasteiger partial charge on any atom is -0.372 e. The third kappa shape index (κ3) is 2.73. The zero-order valence-electron chi connectivity index (χ0n) is 12.8. The number of nitrogens with zero attached hydrogens (tertiary/aromatic N) is 1. The van der Waals surface area contributed by atoms with Gasteiger partial charge in [-0.1, -0.05) is 6.42 Å². The molecule has 2 aliphatic carbocycles. The summed E-state index contributed by atoms with van der Waals surface area (Å²) in [4.78, 5) is 14.8. The van der Waals surface area contributed by atoms with Gasteiger partial charge in [-0.05, 0) is 51.4 Å². The first-order valence-electron chi connectivity index (χ1n) is 8.24. The highest BCUT2D eigenvalue weighted by Crippen LogP contribution is 2.42. The molecule has 3 rings (SSSR count). The molecule has 3 aliphatic rings. The first-order chi connectivity index (χ1) is 9.54. The zero-order chi connectivity index (χ0) is 14.3. The van der Waals surface area contributed by atoms with E-state index >= 15 is 0 Å². The minimum atomic E-state index is 0.160. The quantitative estimate of drug-likeness (QED) is 0.796. The summed E-state index contributed by atoms with van der Waals surface area (Å²) >= 11 is 0. The third-order valence-corrected chi connectivity index (χ3v) is 5.49. The highest BCUT2D eigenvalue weighted by atomic mass is 16.5. The van der Waals surface area contributed by atoms with Gasteiger partial charge in [-0.3, -0.25) is 4.79 Å². The number of nitrogens with two attached hydrogens (primary N) is 1. The van der Waals surface area contributed by atoms with Crippen LogP contribution in [0.5, 0.6) is 0 Å². The summed E-state index contributed by atoms with van der Waals surface area (Å²) in [5.74, 6) is 1.72. The average molecular weight is 280 g/mol. The molecule has 0 aromatic rings. The van der Waals surface area contributed by atoms with E-state index < -0.39 is 0 Å². The van der Waals surface area contributed by atoms with Crippen LogP contribution in [0.4, 0.5) is 0 Å². The molecule has 1 amide bonds. The van der Waals surface area contributed by atoms with Crippen molar-refractivity contribution in [3.63, 3.8) is 0 Å². The van der Waals surface area contributed by atoms with Crippen LogP contribution in [-0.2, 0) is 9.53 Å². The fraction of sp³-hybridized carbons (Fsp3) is 0.938. The SMILES string of the molecule is C[C@@H]1CN(C(=O)C2CC3CCCC(C2)C3N)C[C@H](C)O1. The lowest BCUT2D eigenvalue weighted by atomic mass is 9.65. The van der Waals surface area contributed by atoms with Gasteiger partial charge in [-0.25, -0.2) is 0 Å². The Balaban J connectivity index is 1.65. The lowest BCUT2D eigenvalue weighted by Gasteiger charge is -2.45. The molecule has 0 spiro atoms. The summed E-state index contributed by atoms with van der Waals surface area (Å²) in [5.41, 5.74) is 6.32. The summed E-state index contributed by atoms with van der Waals surface area (Å²) in [6.07, 6.45) is 6.08. The Labute approximate surface area is 122 Å². The molecule has 1 saturated heterocycles. The Morgan fingerprint density at radius 1 is 1.10 bits per heavy atom. The van der Waals surface area contributed by atoms with Crippen LogP contribution in [0.3, 0.4) is 0 Å². The molecule has 4 nitrogen and oxygen atoms in total. The Bertz CT molecular complexity index is 349. The summed E-state index contributed by atoms with van der Waals surface area (Å²) < 4.78 is 5.73. The number of amides is 1. The van der Waals surface area contributed by atoms with E-state index in [-0.39, 0.29) is 18.1 Å². The number of hydrogen-bond donors (Lipinski definition) is 1. The molecule has 2 bridgehead atoms. The van der Waals surface area contributed by atoms with Crippen molar-refractivity contribution < 1.29 is 9.53 Å². The lowest BCUT2D eigenvalue weighted by Crippen LogP contribution is -2.53. The number of rotatable bonds is 1.